The number of rotatable bonds is 4. The molecule has 3 aromatic rings. The molecule has 0 aliphatic carbocycles. The van der Waals surface area contributed by atoms with Crippen molar-refractivity contribution in [1.29, 1.82) is 0 Å². The molecule has 0 radical (unpaired) electrons. The first-order valence-electron chi connectivity index (χ1n) is 6.24. The number of nitrogens with zero attached hydrogens (tertiary/aromatic N) is 4. The monoisotopic (exact) mass is 286 g/mol. The molecule has 0 aromatic carbocycles. The van der Waals surface area contributed by atoms with Crippen molar-refractivity contribution in [3.63, 3.8) is 0 Å². The third-order valence-corrected chi connectivity index (χ3v) is 3.59. The number of aryl methyl sites for hydroxylation is 1. The van der Waals surface area contributed by atoms with E-state index >= 15 is 0 Å². The fourth-order valence-corrected chi connectivity index (χ4v) is 2.51. The van der Waals surface area contributed by atoms with Gasteiger partial charge in [-0.3, -0.25) is 0 Å². The Morgan fingerprint density at radius 2 is 2.15 bits per heavy atom. The fraction of sp³-hybridized carbons (Fsp3) is 0.231. The van der Waals surface area contributed by atoms with Crippen molar-refractivity contribution in [3.05, 3.63) is 35.2 Å². The number of aromatic nitrogens is 4. The lowest BCUT2D eigenvalue weighted by atomic mass is 10.3. The molecule has 0 bridgehead atoms. The highest BCUT2D eigenvalue weighted by molar-refractivity contribution is 7.13. The largest absolute Gasteiger partial charge is 0.375 e. The van der Waals surface area contributed by atoms with E-state index in [0.717, 1.165) is 41.2 Å². The molecule has 0 atom stereocenters. The molecule has 20 heavy (non-hydrogen) atoms. The summed E-state index contributed by atoms with van der Waals surface area (Å²) in [6.07, 6.45) is 2.34. The van der Waals surface area contributed by atoms with Crippen molar-refractivity contribution in [2.75, 3.05) is 17.6 Å². The first-order valence-corrected chi connectivity index (χ1v) is 7.12. The van der Waals surface area contributed by atoms with Crippen LogP contribution in [-0.2, 0) is 6.42 Å². The summed E-state index contributed by atoms with van der Waals surface area (Å²) in [6.45, 7) is 2.68. The smallest absolute Gasteiger partial charge is 0.180 e. The van der Waals surface area contributed by atoms with Crippen LogP contribution in [0, 0.1) is 6.92 Å². The van der Waals surface area contributed by atoms with Crippen LogP contribution in [0.2, 0.25) is 0 Å². The molecular formula is C13H14N6S. The van der Waals surface area contributed by atoms with Crippen molar-refractivity contribution in [1.82, 2.24) is 19.9 Å². The lowest BCUT2D eigenvalue weighted by Gasteiger charge is -2.07. The molecule has 3 N–H and O–H groups in total. The summed E-state index contributed by atoms with van der Waals surface area (Å²) in [4.78, 5) is 17.2. The van der Waals surface area contributed by atoms with Gasteiger partial charge in [0.2, 0.25) is 0 Å². The lowest BCUT2D eigenvalue weighted by molar-refractivity contribution is 0.968. The van der Waals surface area contributed by atoms with Crippen LogP contribution in [0.4, 0.5) is 10.9 Å². The molecule has 3 aromatic heterocycles. The average molecular weight is 286 g/mol. The van der Waals surface area contributed by atoms with E-state index in [2.05, 4.69) is 25.3 Å². The summed E-state index contributed by atoms with van der Waals surface area (Å²) < 4.78 is 0. The third-order valence-electron chi connectivity index (χ3n) is 2.86. The first kappa shape index (κ1) is 12.7. The van der Waals surface area contributed by atoms with Gasteiger partial charge < -0.3 is 11.1 Å². The second-order valence-electron chi connectivity index (χ2n) is 4.40. The summed E-state index contributed by atoms with van der Waals surface area (Å²) in [6, 6.07) is 3.89. The van der Waals surface area contributed by atoms with Crippen LogP contribution in [0.15, 0.2) is 23.8 Å². The van der Waals surface area contributed by atoms with Gasteiger partial charge in [-0.2, -0.15) is 0 Å². The molecule has 3 rings (SSSR count). The summed E-state index contributed by atoms with van der Waals surface area (Å²) in [5.74, 6) is 0.752. The molecule has 0 unspecified atom stereocenters. The second-order valence-corrected chi connectivity index (χ2v) is 5.29. The van der Waals surface area contributed by atoms with Gasteiger partial charge in [-0.15, -0.1) is 11.3 Å². The van der Waals surface area contributed by atoms with Crippen molar-refractivity contribution >= 4 is 33.3 Å². The highest BCUT2D eigenvalue weighted by Gasteiger charge is 2.05. The topological polar surface area (TPSA) is 89.6 Å². The molecule has 6 nitrogen and oxygen atoms in total. The quantitative estimate of drug-likeness (QED) is 0.762. The Kier molecular flexibility index (Phi) is 3.42. The zero-order valence-electron chi connectivity index (χ0n) is 11.0. The first-order chi connectivity index (χ1) is 9.72. The fourth-order valence-electron chi connectivity index (χ4n) is 1.91. The molecule has 0 aliphatic heterocycles. The molecule has 0 fully saturated rings. The Morgan fingerprint density at radius 1 is 1.25 bits per heavy atom. The van der Waals surface area contributed by atoms with Gasteiger partial charge in [0.25, 0.3) is 0 Å². The summed E-state index contributed by atoms with van der Waals surface area (Å²) in [5, 5.41) is 5.85. The number of anilines is 2. The summed E-state index contributed by atoms with van der Waals surface area (Å²) in [7, 11) is 0. The van der Waals surface area contributed by atoms with E-state index in [9.17, 15) is 0 Å². The van der Waals surface area contributed by atoms with Gasteiger partial charge in [-0.1, -0.05) is 0 Å². The van der Waals surface area contributed by atoms with Crippen molar-refractivity contribution in [3.8, 4) is 0 Å². The van der Waals surface area contributed by atoms with E-state index in [0.29, 0.717) is 5.13 Å². The molecule has 102 valence electrons. The number of nitrogen functional groups attached to an aromatic ring is 1. The Hall–Kier alpha value is -2.28. The maximum absolute atomic E-state index is 5.61. The van der Waals surface area contributed by atoms with E-state index in [4.69, 9.17) is 5.73 Å². The Bertz CT molecular complexity index is 739. The lowest BCUT2D eigenvalue weighted by Crippen LogP contribution is -2.08. The zero-order valence-corrected chi connectivity index (χ0v) is 11.8. The van der Waals surface area contributed by atoms with Gasteiger partial charge in [0, 0.05) is 24.0 Å². The SMILES string of the molecule is Cc1ccc2ncnc(NCCc3csc(N)n3)c2n1. The van der Waals surface area contributed by atoms with Crippen LogP contribution in [0.25, 0.3) is 11.0 Å². The molecule has 3 heterocycles. The van der Waals surface area contributed by atoms with Crippen LogP contribution < -0.4 is 11.1 Å². The van der Waals surface area contributed by atoms with E-state index in [1.165, 1.54) is 11.3 Å². The molecule has 0 saturated carbocycles. The number of hydrogen-bond donors (Lipinski definition) is 2. The normalized spacial score (nSPS) is 10.8. The van der Waals surface area contributed by atoms with Crippen molar-refractivity contribution in [2.45, 2.75) is 13.3 Å². The minimum atomic E-state index is 0.602. The minimum Gasteiger partial charge on any atom is -0.375 e. The number of thiazole rings is 1. The number of nitrogens with one attached hydrogen (secondary N) is 1. The summed E-state index contributed by atoms with van der Waals surface area (Å²) in [5.41, 5.74) is 9.18. The average Bonchev–Trinajstić information content (AvgIpc) is 2.85. The number of fused-ring (bicyclic) bond motifs is 1. The van der Waals surface area contributed by atoms with Crippen LogP contribution in [-0.4, -0.2) is 26.5 Å². The highest BCUT2D eigenvalue weighted by Crippen LogP contribution is 2.17. The Balaban J connectivity index is 1.75. The van der Waals surface area contributed by atoms with Crippen LogP contribution in [0.1, 0.15) is 11.4 Å². The van der Waals surface area contributed by atoms with Gasteiger partial charge in [-0.05, 0) is 19.1 Å². The highest BCUT2D eigenvalue weighted by atomic mass is 32.1. The molecule has 0 saturated heterocycles. The van der Waals surface area contributed by atoms with Gasteiger partial charge in [0.15, 0.2) is 10.9 Å². The maximum Gasteiger partial charge on any atom is 0.180 e. The van der Waals surface area contributed by atoms with E-state index in [1.54, 1.807) is 6.33 Å². The number of nitrogens with two attached hydrogens (primary N) is 1. The van der Waals surface area contributed by atoms with E-state index < -0.39 is 0 Å². The van der Waals surface area contributed by atoms with Gasteiger partial charge >= 0.3 is 0 Å². The Labute approximate surface area is 120 Å². The molecular weight excluding hydrogens is 272 g/mol. The number of pyridine rings is 1. The standard InChI is InChI=1S/C13H14N6S/c1-8-2-3-10-11(18-8)12(17-7-16-10)15-5-4-9-6-20-13(14)19-9/h2-3,6-7H,4-5H2,1H3,(H2,14,19)(H,15,16,17). The van der Waals surface area contributed by atoms with Gasteiger partial charge in [0.1, 0.15) is 11.8 Å². The van der Waals surface area contributed by atoms with Crippen LogP contribution in [0.5, 0.6) is 0 Å². The maximum atomic E-state index is 5.61. The van der Waals surface area contributed by atoms with Gasteiger partial charge in [-0.25, -0.2) is 19.9 Å². The zero-order chi connectivity index (χ0) is 13.9. The van der Waals surface area contributed by atoms with Crippen LogP contribution >= 0.6 is 11.3 Å². The Morgan fingerprint density at radius 3 is 2.95 bits per heavy atom. The van der Waals surface area contributed by atoms with Crippen LogP contribution in [0.3, 0.4) is 0 Å². The molecule has 0 aliphatic rings. The molecule has 7 heteroatoms. The predicted molar refractivity (Wildman–Crippen MR) is 80.8 cm³/mol. The third kappa shape index (κ3) is 2.67. The van der Waals surface area contributed by atoms with E-state index in [-0.39, 0.29) is 0 Å². The van der Waals surface area contributed by atoms with Crippen molar-refractivity contribution in [2.24, 2.45) is 0 Å². The molecule has 0 amide bonds. The molecule has 0 spiro atoms. The number of hydrogen-bond acceptors (Lipinski definition) is 7. The minimum absolute atomic E-state index is 0.602. The van der Waals surface area contributed by atoms with Gasteiger partial charge in [0.05, 0.1) is 11.2 Å². The second kappa shape index (κ2) is 5.38. The predicted octanol–water partition coefficient (Wildman–Crippen LogP) is 2.03. The van der Waals surface area contributed by atoms with E-state index in [1.807, 2.05) is 24.4 Å². The van der Waals surface area contributed by atoms with Crippen molar-refractivity contribution < 1.29 is 0 Å². The summed E-state index contributed by atoms with van der Waals surface area (Å²) >= 11 is 1.46.